The Labute approximate surface area is 152 Å². The summed E-state index contributed by atoms with van der Waals surface area (Å²) in [6, 6.07) is -0.151. The van der Waals surface area contributed by atoms with Crippen LogP contribution in [0.15, 0.2) is 12.2 Å². The van der Waals surface area contributed by atoms with E-state index in [4.69, 9.17) is 19.8 Å². The highest BCUT2D eigenvalue weighted by atomic mass is 16.4. The van der Waals surface area contributed by atoms with Crippen LogP contribution in [0.5, 0.6) is 0 Å². The van der Waals surface area contributed by atoms with Crippen molar-refractivity contribution in [1.82, 2.24) is 20.8 Å². The van der Waals surface area contributed by atoms with Crippen LogP contribution in [0.1, 0.15) is 37.2 Å². The maximum Gasteiger partial charge on any atom is 0.300 e. The lowest BCUT2D eigenvalue weighted by Crippen LogP contribution is -2.40. The molecule has 1 atom stereocenters. The zero-order valence-corrected chi connectivity index (χ0v) is 15.6. The number of aryl methyl sites for hydroxylation is 2. The third-order valence-corrected chi connectivity index (χ3v) is 3.25. The third-order valence-electron chi connectivity index (χ3n) is 3.25. The monoisotopic (exact) mass is 368 g/mol. The first kappa shape index (κ1) is 23.3. The lowest BCUT2D eigenvalue weighted by Gasteiger charge is -2.10. The second kappa shape index (κ2) is 12.6. The van der Waals surface area contributed by atoms with E-state index in [0.29, 0.717) is 6.54 Å². The van der Waals surface area contributed by atoms with Gasteiger partial charge in [-0.05, 0) is 32.3 Å². The summed E-state index contributed by atoms with van der Waals surface area (Å²) < 4.78 is 0. The van der Waals surface area contributed by atoms with Crippen molar-refractivity contribution in [3.63, 3.8) is 0 Å². The summed E-state index contributed by atoms with van der Waals surface area (Å²) in [5.74, 6) is -1.61. The van der Waals surface area contributed by atoms with Gasteiger partial charge in [-0.25, -0.2) is 0 Å². The summed E-state index contributed by atoms with van der Waals surface area (Å²) in [7, 11) is 0. The van der Waals surface area contributed by atoms with Gasteiger partial charge in [-0.1, -0.05) is 12.2 Å². The Balaban J connectivity index is 0.000000662. The molecule has 0 bridgehead atoms. The molecule has 0 fully saturated rings. The largest absolute Gasteiger partial charge is 0.481 e. The fraction of sp³-hybridized carbons (Fsp3) is 0.529. The summed E-state index contributed by atoms with van der Waals surface area (Å²) in [5, 5.41) is 28.0. The van der Waals surface area contributed by atoms with Crippen molar-refractivity contribution in [2.75, 3.05) is 13.1 Å². The van der Waals surface area contributed by atoms with E-state index in [2.05, 4.69) is 20.8 Å². The molecule has 1 aromatic rings. The Morgan fingerprint density at radius 3 is 2.23 bits per heavy atom. The number of carbonyl (C=O) groups excluding carboxylic acids is 1. The Morgan fingerprint density at radius 2 is 1.81 bits per heavy atom. The number of carboxylic acid groups (broad SMARTS) is 2. The first-order chi connectivity index (χ1) is 12.1. The highest BCUT2D eigenvalue weighted by Crippen LogP contribution is 2.11. The first-order valence-electron chi connectivity index (χ1n) is 8.22. The van der Waals surface area contributed by atoms with Gasteiger partial charge >= 0.3 is 0 Å². The van der Waals surface area contributed by atoms with Gasteiger partial charge in [0, 0.05) is 32.6 Å². The number of H-pyrrole nitrogens is 1. The number of rotatable bonds is 5. The van der Waals surface area contributed by atoms with E-state index in [1.54, 1.807) is 0 Å². The van der Waals surface area contributed by atoms with E-state index in [-0.39, 0.29) is 11.9 Å². The molecule has 1 aliphatic heterocycles. The summed E-state index contributed by atoms with van der Waals surface area (Å²) in [4.78, 5) is 29.7. The molecule has 0 aromatic carbocycles. The lowest BCUT2D eigenvalue weighted by atomic mass is 10.1. The second-order valence-corrected chi connectivity index (χ2v) is 5.66. The van der Waals surface area contributed by atoms with Crippen molar-refractivity contribution >= 4 is 17.8 Å². The predicted molar refractivity (Wildman–Crippen MR) is 96.9 cm³/mol. The molecule has 0 spiro atoms. The Bertz CT molecular complexity index is 585. The molecule has 1 aromatic heterocycles. The number of hydrogen-bond donors (Lipinski definition) is 5. The highest BCUT2D eigenvalue weighted by Gasteiger charge is 2.16. The summed E-state index contributed by atoms with van der Waals surface area (Å²) in [6.45, 7) is 7.69. The first-order valence-corrected chi connectivity index (χ1v) is 8.22. The zero-order valence-electron chi connectivity index (χ0n) is 15.6. The van der Waals surface area contributed by atoms with Crippen LogP contribution in [0.2, 0.25) is 0 Å². The third kappa shape index (κ3) is 11.0. The van der Waals surface area contributed by atoms with E-state index >= 15 is 0 Å². The van der Waals surface area contributed by atoms with Crippen LogP contribution in [0, 0.1) is 13.8 Å². The fourth-order valence-corrected chi connectivity index (χ4v) is 2.18. The molecule has 0 saturated carbocycles. The SMILES string of the molecule is CC(=O)O.CC(=O)O.Cc1n[nH]c(C)c1CCCNC(=O)C1C=CCN1. The van der Waals surface area contributed by atoms with Gasteiger partial charge in [0.15, 0.2) is 0 Å². The van der Waals surface area contributed by atoms with E-state index in [9.17, 15) is 4.79 Å². The van der Waals surface area contributed by atoms with Crippen molar-refractivity contribution in [2.24, 2.45) is 0 Å². The summed E-state index contributed by atoms with van der Waals surface area (Å²) in [5.41, 5.74) is 3.45. The number of aromatic amines is 1. The standard InChI is InChI=1S/C13H20N4O.2C2H4O2/c1-9-11(10(2)17-16-9)5-3-8-15-13(18)12-6-4-7-14-12;2*1-2(3)4/h4,6,12,14H,3,5,7-8H2,1-2H3,(H,15,18)(H,16,17);2*1H3,(H,3,4). The van der Waals surface area contributed by atoms with Crippen LogP contribution < -0.4 is 10.6 Å². The van der Waals surface area contributed by atoms with E-state index in [0.717, 1.165) is 44.6 Å². The minimum absolute atomic E-state index is 0.0596. The van der Waals surface area contributed by atoms with E-state index < -0.39 is 11.9 Å². The van der Waals surface area contributed by atoms with Gasteiger partial charge in [0.1, 0.15) is 6.04 Å². The van der Waals surface area contributed by atoms with E-state index in [1.165, 1.54) is 5.56 Å². The molecule has 2 rings (SSSR count). The molecule has 9 heteroatoms. The smallest absolute Gasteiger partial charge is 0.300 e. The van der Waals surface area contributed by atoms with Crippen LogP contribution in [0.3, 0.4) is 0 Å². The van der Waals surface area contributed by atoms with Crippen molar-refractivity contribution in [1.29, 1.82) is 0 Å². The normalized spacial score (nSPS) is 14.5. The molecule has 146 valence electrons. The van der Waals surface area contributed by atoms with Gasteiger partial charge in [0.05, 0.1) is 5.69 Å². The molecular formula is C17H28N4O5. The van der Waals surface area contributed by atoms with Crippen molar-refractivity contribution in [3.05, 3.63) is 29.1 Å². The molecule has 1 unspecified atom stereocenters. The maximum atomic E-state index is 11.7. The second-order valence-electron chi connectivity index (χ2n) is 5.66. The molecule has 1 aliphatic rings. The van der Waals surface area contributed by atoms with Gasteiger partial charge in [-0.2, -0.15) is 5.10 Å². The number of aliphatic carboxylic acids is 2. The van der Waals surface area contributed by atoms with Crippen LogP contribution in [0.4, 0.5) is 0 Å². The number of nitrogens with zero attached hydrogens (tertiary/aromatic N) is 1. The number of aromatic nitrogens is 2. The average Bonchev–Trinajstić information content (AvgIpc) is 3.14. The van der Waals surface area contributed by atoms with Crippen LogP contribution in [0.25, 0.3) is 0 Å². The van der Waals surface area contributed by atoms with Crippen LogP contribution in [-0.4, -0.2) is 57.4 Å². The van der Waals surface area contributed by atoms with E-state index in [1.807, 2.05) is 26.0 Å². The molecule has 0 radical (unpaired) electrons. The molecule has 5 N–H and O–H groups in total. The lowest BCUT2D eigenvalue weighted by molar-refractivity contribution is -0.135. The fourth-order valence-electron chi connectivity index (χ4n) is 2.18. The van der Waals surface area contributed by atoms with Gasteiger partial charge in [-0.15, -0.1) is 0 Å². The van der Waals surface area contributed by atoms with Crippen molar-refractivity contribution in [2.45, 2.75) is 46.6 Å². The predicted octanol–water partition coefficient (Wildman–Crippen LogP) is 0.785. The van der Waals surface area contributed by atoms with Crippen molar-refractivity contribution in [3.8, 4) is 0 Å². The van der Waals surface area contributed by atoms with Gasteiger partial charge < -0.3 is 15.5 Å². The molecule has 2 heterocycles. The molecule has 1 amide bonds. The Hall–Kier alpha value is -2.68. The number of carbonyl (C=O) groups is 3. The Kier molecular flexibility index (Phi) is 11.3. The van der Waals surface area contributed by atoms with Crippen LogP contribution in [-0.2, 0) is 20.8 Å². The topological polar surface area (TPSA) is 144 Å². The maximum absolute atomic E-state index is 11.7. The van der Waals surface area contributed by atoms with Crippen LogP contribution >= 0.6 is 0 Å². The average molecular weight is 368 g/mol. The minimum Gasteiger partial charge on any atom is -0.481 e. The van der Waals surface area contributed by atoms with Gasteiger partial charge in [-0.3, -0.25) is 24.8 Å². The quantitative estimate of drug-likeness (QED) is 0.381. The zero-order chi connectivity index (χ0) is 20.1. The Morgan fingerprint density at radius 1 is 1.23 bits per heavy atom. The van der Waals surface area contributed by atoms with Gasteiger partial charge in [0.2, 0.25) is 5.91 Å². The number of nitrogens with one attached hydrogen (secondary N) is 3. The number of hydrogen-bond acceptors (Lipinski definition) is 5. The molecule has 9 nitrogen and oxygen atoms in total. The number of carboxylic acids is 2. The minimum atomic E-state index is -0.833. The molecule has 26 heavy (non-hydrogen) atoms. The molecule has 0 saturated heterocycles. The van der Waals surface area contributed by atoms with Gasteiger partial charge in [0.25, 0.3) is 11.9 Å². The molecule has 0 aliphatic carbocycles. The van der Waals surface area contributed by atoms with Crippen molar-refractivity contribution < 1.29 is 24.6 Å². The number of amides is 1. The summed E-state index contributed by atoms with van der Waals surface area (Å²) >= 11 is 0. The summed E-state index contributed by atoms with van der Waals surface area (Å²) in [6.07, 6.45) is 5.76. The highest BCUT2D eigenvalue weighted by molar-refractivity contribution is 5.84. The molecular weight excluding hydrogens is 340 g/mol.